The largest absolute Gasteiger partial charge is 0.387 e. The summed E-state index contributed by atoms with van der Waals surface area (Å²) in [6, 6.07) is 8.40. The highest BCUT2D eigenvalue weighted by Crippen LogP contribution is 2.27. The third-order valence-corrected chi connectivity index (χ3v) is 4.47. The van der Waals surface area contributed by atoms with Crippen LogP contribution in [0.4, 0.5) is 0 Å². The molecule has 0 spiro atoms. The van der Waals surface area contributed by atoms with Gasteiger partial charge in [0.1, 0.15) is 0 Å². The maximum absolute atomic E-state index is 10.2. The number of hydrogen-bond donors (Lipinski definition) is 2. The molecule has 0 amide bonds. The maximum Gasteiger partial charge on any atom is 0.0914 e. The molecule has 0 aromatic heterocycles. The summed E-state index contributed by atoms with van der Waals surface area (Å²) in [4.78, 5) is 0. The van der Waals surface area contributed by atoms with Gasteiger partial charge in [-0.1, -0.05) is 40.9 Å². The van der Waals surface area contributed by atoms with Gasteiger partial charge in [0.25, 0.3) is 0 Å². The average Bonchev–Trinajstić information content (AvgIpc) is 2.89. The number of halogens is 1. The summed E-state index contributed by atoms with van der Waals surface area (Å²) in [5.41, 5.74) is 0.968. The van der Waals surface area contributed by atoms with E-state index in [1.54, 1.807) is 0 Å². The highest BCUT2D eigenvalue weighted by atomic mass is 79.9. The summed E-state index contributed by atoms with van der Waals surface area (Å²) >= 11 is 3.43. The van der Waals surface area contributed by atoms with Gasteiger partial charge in [-0.3, -0.25) is 0 Å². The van der Waals surface area contributed by atoms with Crippen molar-refractivity contribution in [2.45, 2.75) is 44.8 Å². The zero-order valence-electron chi connectivity index (χ0n) is 10.9. The molecule has 0 radical (unpaired) electrons. The molecule has 2 rings (SSSR count). The lowest BCUT2D eigenvalue weighted by molar-refractivity contribution is 0.165. The van der Waals surface area contributed by atoms with Gasteiger partial charge in [0.15, 0.2) is 0 Å². The van der Waals surface area contributed by atoms with Gasteiger partial charge < -0.3 is 10.4 Å². The second-order valence-corrected chi connectivity index (χ2v) is 6.23. The van der Waals surface area contributed by atoms with Crippen LogP contribution in [0, 0.1) is 5.92 Å². The first-order valence-electron chi connectivity index (χ1n) is 6.83. The van der Waals surface area contributed by atoms with Crippen molar-refractivity contribution in [3.05, 3.63) is 34.3 Å². The van der Waals surface area contributed by atoms with Crippen LogP contribution >= 0.6 is 15.9 Å². The van der Waals surface area contributed by atoms with Gasteiger partial charge in [-0.2, -0.15) is 0 Å². The lowest BCUT2D eigenvalue weighted by Crippen LogP contribution is -2.35. The van der Waals surface area contributed by atoms with Crippen LogP contribution in [0.5, 0.6) is 0 Å². The Morgan fingerprint density at radius 3 is 2.78 bits per heavy atom. The molecule has 1 aliphatic carbocycles. The lowest BCUT2D eigenvalue weighted by atomic mass is 9.99. The van der Waals surface area contributed by atoms with E-state index in [1.165, 1.54) is 25.7 Å². The van der Waals surface area contributed by atoms with Crippen molar-refractivity contribution in [2.24, 2.45) is 5.92 Å². The Kier molecular flexibility index (Phi) is 5.22. The molecule has 0 aliphatic heterocycles. The first-order valence-corrected chi connectivity index (χ1v) is 7.63. The Labute approximate surface area is 118 Å². The number of rotatable bonds is 5. The molecular formula is C15H22BrNO. The van der Waals surface area contributed by atoms with E-state index in [0.717, 1.165) is 16.0 Å². The molecule has 0 bridgehead atoms. The van der Waals surface area contributed by atoms with Crippen LogP contribution in [0.3, 0.4) is 0 Å². The molecule has 18 heavy (non-hydrogen) atoms. The summed E-state index contributed by atoms with van der Waals surface area (Å²) in [5, 5.41) is 13.6. The van der Waals surface area contributed by atoms with Gasteiger partial charge in [0.05, 0.1) is 6.10 Å². The normalized spacial score (nSPS) is 19.9. The minimum Gasteiger partial charge on any atom is -0.387 e. The number of benzene rings is 1. The van der Waals surface area contributed by atoms with Crippen LogP contribution in [-0.2, 0) is 0 Å². The highest BCUT2D eigenvalue weighted by Gasteiger charge is 2.21. The molecule has 100 valence electrons. The third-order valence-electron chi connectivity index (χ3n) is 3.97. The smallest absolute Gasteiger partial charge is 0.0914 e. The fraction of sp³-hybridized carbons (Fsp3) is 0.600. The molecule has 1 saturated carbocycles. The SMILES string of the molecule is C[C@H](NCC(O)c1cccc(Br)c1)C1CCCC1. The van der Waals surface area contributed by atoms with Crippen LogP contribution in [0.25, 0.3) is 0 Å². The zero-order valence-corrected chi connectivity index (χ0v) is 12.5. The van der Waals surface area contributed by atoms with Crippen molar-refractivity contribution in [2.75, 3.05) is 6.54 Å². The predicted molar refractivity (Wildman–Crippen MR) is 78.5 cm³/mol. The number of hydrogen-bond acceptors (Lipinski definition) is 2. The Morgan fingerprint density at radius 1 is 1.39 bits per heavy atom. The molecule has 2 nitrogen and oxygen atoms in total. The van der Waals surface area contributed by atoms with E-state index in [2.05, 4.69) is 28.2 Å². The number of aliphatic hydroxyl groups excluding tert-OH is 1. The van der Waals surface area contributed by atoms with E-state index < -0.39 is 6.10 Å². The van der Waals surface area contributed by atoms with Gasteiger partial charge >= 0.3 is 0 Å². The summed E-state index contributed by atoms with van der Waals surface area (Å²) < 4.78 is 1.02. The topological polar surface area (TPSA) is 32.3 Å². The minimum absolute atomic E-state index is 0.425. The summed E-state index contributed by atoms with van der Waals surface area (Å²) in [6.07, 6.45) is 4.98. The first kappa shape index (κ1) is 14.0. The maximum atomic E-state index is 10.2. The predicted octanol–water partition coefficient (Wildman–Crippen LogP) is 3.65. The Bertz CT molecular complexity index is 377. The molecule has 0 heterocycles. The second kappa shape index (κ2) is 6.69. The van der Waals surface area contributed by atoms with Crippen molar-refractivity contribution >= 4 is 15.9 Å². The fourth-order valence-electron chi connectivity index (χ4n) is 2.75. The summed E-state index contributed by atoms with van der Waals surface area (Å²) in [6.45, 7) is 2.87. The molecule has 3 heteroatoms. The Hall–Kier alpha value is -0.380. The molecule has 1 aliphatic rings. The van der Waals surface area contributed by atoms with E-state index >= 15 is 0 Å². The molecule has 1 fully saturated rings. The quantitative estimate of drug-likeness (QED) is 0.870. The van der Waals surface area contributed by atoms with E-state index in [9.17, 15) is 5.11 Å². The summed E-state index contributed by atoms with van der Waals surface area (Å²) in [5.74, 6) is 0.791. The van der Waals surface area contributed by atoms with Crippen LogP contribution < -0.4 is 5.32 Å². The van der Waals surface area contributed by atoms with Crippen molar-refractivity contribution in [1.29, 1.82) is 0 Å². The van der Waals surface area contributed by atoms with Crippen molar-refractivity contribution in [3.63, 3.8) is 0 Å². The first-order chi connectivity index (χ1) is 8.66. The van der Waals surface area contributed by atoms with Gasteiger partial charge in [-0.05, 0) is 43.4 Å². The lowest BCUT2D eigenvalue weighted by Gasteiger charge is -2.22. The molecular weight excluding hydrogens is 290 g/mol. The van der Waals surface area contributed by atoms with E-state index in [-0.39, 0.29) is 0 Å². The zero-order chi connectivity index (χ0) is 13.0. The van der Waals surface area contributed by atoms with Crippen molar-refractivity contribution < 1.29 is 5.11 Å². The second-order valence-electron chi connectivity index (χ2n) is 5.31. The highest BCUT2D eigenvalue weighted by molar-refractivity contribution is 9.10. The van der Waals surface area contributed by atoms with Gasteiger partial charge in [-0.15, -0.1) is 0 Å². The van der Waals surface area contributed by atoms with E-state index in [4.69, 9.17) is 0 Å². The fourth-order valence-corrected chi connectivity index (χ4v) is 3.17. The molecule has 1 unspecified atom stereocenters. The molecule has 1 aromatic carbocycles. The Morgan fingerprint density at radius 2 is 2.11 bits per heavy atom. The van der Waals surface area contributed by atoms with Gasteiger partial charge in [-0.25, -0.2) is 0 Å². The Balaban J connectivity index is 1.82. The molecule has 0 saturated heterocycles. The van der Waals surface area contributed by atoms with Crippen LogP contribution in [0.15, 0.2) is 28.7 Å². The van der Waals surface area contributed by atoms with E-state index in [0.29, 0.717) is 12.6 Å². The van der Waals surface area contributed by atoms with Crippen LogP contribution in [-0.4, -0.2) is 17.7 Å². The minimum atomic E-state index is -0.425. The van der Waals surface area contributed by atoms with Crippen molar-refractivity contribution in [1.82, 2.24) is 5.32 Å². The third kappa shape index (κ3) is 3.81. The number of aliphatic hydroxyl groups is 1. The van der Waals surface area contributed by atoms with Gasteiger partial charge in [0, 0.05) is 17.1 Å². The summed E-state index contributed by atoms with van der Waals surface area (Å²) in [7, 11) is 0. The average molecular weight is 312 g/mol. The van der Waals surface area contributed by atoms with Gasteiger partial charge in [0.2, 0.25) is 0 Å². The standard InChI is InChI=1S/C15H22BrNO/c1-11(12-5-2-3-6-12)17-10-15(18)13-7-4-8-14(16)9-13/h4,7-9,11-12,15,17-18H,2-3,5-6,10H2,1H3/t11-,15?/m0/s1. The molecule has 1 aromatic rings. The molecule has 2 N–H and O–H groups in total. The monoisotopic (exact) mass is 311 g/mol. The number of nitrogens with one attached hydrogen (secondary N) is 1. The molecule has 2 atom stereocenters. The van der Waals surface area contributed by atoms with Crippen LogP contribution in [0.1, 0.15) is 44.3 Å². The van der Waals surface area contributed by atoms with Crippen molar-refractivity contribution in [3.8, 4) is 0 Å². The van der Waals surface area contributed by atoms with E-state index in [1.807, 2.05) is 24.3 Å². The van der Waals surface area contributed by atoms with Crippen LogP contribution in [0.2, 0.25) is 0 Å².